The molecule has 1 saturated heterocycles. The molecule has 7 heteroatoms. The molecule has 0 radical (unpaired) electrons. The molecule has 0 aliphatic carbocycles. The Morgan fingerprint density at radius 1 is 1.60 bits per heavy atom. The van der Waals surface area contributed by atoms with Crippen molar-refractivity contribution in [2.24, 2.45) is 5.73 Å². The number of nitrogens with two attached hydrogens (primary N) is 1. The van der Waals surface area contributed by atoms with Crippen molar-refractivity contribution < 1.29 is 14.1 Å². The van der Waals surface area contributed by atoms with E-state index in [1.165, 1.54) is 6.07 Å². The highest BCUT2D eigenvalue weighted by atomic mass is 16.5. The third kappa shape index (κ3) is 3.17. The van der Waals surface area contributed by atoms with Gasteiger partial charge >= 0.3 is 0 Å². The Hall–Kier alpha value is -1.44. The van der Waals surface area contributed by atoms with E-state index in [1.54, 1.807) is 14.0 Å². The molecule has 2 rings (SSSR count). The minimum atomic E-state index is -0.427. The van der Waals surface area contributed by atoms with Crippen molar-refractivity contribution in [3.8, 4) is 0 Å². The van der Waals surface area contributed by atoms with Crippen molar-refractivity contribution in [3.05, 3.63) is 22.2 Å². The van der Waals surface area contributed by atoms with Crippen LogP contribution >= 0.6 is 0 Å². The zero-order chi connectivity index (χ0) is 14.7. The smallest absolute Gasteiger partial charge is 0.290 e. The summed E-state index contributed by atoms with van der Waals surface area (Å²) in [7, 11) is 1.68. The predicted octanol–water partition coefficient (Wildman–Crippen LogP) is -0.172. The number of rotatable bonds is 4. The van der Waals surface area contributed by atoms with Crippen LogP contribution in [0.15, 0.2) is 15.4 Å². The van der Waals surface area contributed by atoms with Gasteiger partial charge in [0.25, 0.3) is 11.5 Å². The quantitative estimate of drug-likeness (QED) is 0.825. The maximum atomic E-state index is 12.1. The van der Waals surface area contributed by atoms with Crippen molar-refractivity contribution in [1.82, 2.24) is 9.64 Å². The number of likely N-dealkylation sites (tertiary alicyclic amines) is 1. The van der Waals surface area contributed by atoms with Crippen molar-refractivity contribution in [2.45, 2.75) is 31.9 Å². The maximum absolute atomic E-state index is 12.1. The van der Waals surface area contributed by atoms with Gasteiger partial charge in [0.1, 0.15) is 5.76 Å². The Morgan fingerprint density at radius 2 is 2.35 bits per heavy atom. The summed E-state index contributed by atoms with van der Waals surface area (Å²) < 4.78 is 11.3. The van der Waals surface area contributed by atoms with E-state index in [9.17, 15) is 9.59 Å². The van der Waals surface area contributed by atoms with Crippen LogP contribution in [-0.4, -0.2) is 54.4 Å². The van der Waals surface area contributed by atoms with Crippen LogP contribution in [0.25, 0.3) is 0 Å². The van der Waals surface area contributed by atoms with Crippen LogP contribution < -0.4 is 11.3 Å². The zero-order valence-electron chi connectivity index (χ0n) is 11.9. The van der Waals surface area contributed by atoms with E-state index in [0.29, 0.717) is 12.3 Å². The fourth-order valence-corrected chi connectivity index (χ4v) is 2.59. The molecule has 2 unspecified atom stereocenters. The molecule has 0 saturated carbocycles. The van der Waals surface area contributed by atoms with Crippen LogP contribution in [0.2, 0.25) is 0 Å². The van der Waals surface area contributed by atoms with Gasteiger partial charge in [-0.05, 0) is 19.8 Å². The first-order valence-electron chi connectivity index (χ1n) is 6.75. The Labute approximate surface area is 117 Å². The largest absolute Gasteiger partial charge is 0.381 e. The molecule has 1 aliphatic rings. The molecule has 1 aromatic rings. The van der Waals surface area contributed by atoms with Gasteiger partial charge in [-0.1, -0.05) is 0 Å². The Kier molecular flexibility index (Phi) is 4.74. The van der Waals surface area contributed by atoms with Gasteiger partial charge in [0, 0.05) is 32.3 Å². The van der Waals surface area contributed by atoms with Crippen LogP contribution in [0.5, 0.6) is 0 Å². The summed E-state index contributed by atoms with van der Waals surface area (Å²) in [5.41, 5.74) is 5.33. The summed E-state index contributed by atoms with van der Waals surface area (Å²) in [6.45, 7) is 2.95. The van der Waals surface area contributed by atoms with E-state index >= 15 is 0 Å². The van der Waals surface area contributed by atoms with Crippen molar-refractivity contribution in [3.63, 3.8) is 0 Å². The first-order chi connectivity index (χ1) is 9.55. The van der Waals surface area contributed by atoms with Crippen LogP contribution in [0.3, 0.4) is 0 Å². The van der Waals surface area contributed by atoms with E-state index in [0.717, 1.165) is 24.1 Å². The van der Waals surface area contributed by atoms with E-state index in [4.69, 9.17) is 15.0 Å². The summed E-state index contributed by atoms with van der Waals surface area (Å²) in [5.74, 6) is 0.0641. The number of methoxy groups -OCH3 is 1. The van der Waals surface area contributed by atoms with Crippen molar-refractivity contribution >= 4 is 5.91 Å². The molecule has 2 heterocycles. The van der Waals surface area contributed by atoms with Gasteiger partial charge < -0.3 is 15.0 Å². The lowest BCUT2D eigenvalue weighted by Crippen LogP contribution is -2.51. The number of hydrogen-bond donors (Lipinski definition) is 1. The highest BCUT2D eigenvalue weighted by Crippen LogP contribution is 2.18. The van der Waals surface area contributed by atoms with Gasteiger partial charge in [-0.25, -0.2) is 0 Å². The van der Waals surface area contributed by atoms with Crippen LogP contribution in [0.4, 0.5) is 0 Å². The molecule has 1 aliphatic heterocycles. The average molecular weight is 283 g/mol. The lowest BCUT2D eigenvalue weighted by Gasteiger charge is -2.37. The fraction of sp³-hybridized carbons (Fsp3) is 0.692. The minimum Gasteiger partial charge on any atom is -0.381 e. The second-order valence-corrected chi connectivity index (χ2v) is 5.11. The van der Waals surface area contributed by atoms with Crippen LogP contribution in [0.1, 0.15) is 23.4 Å². The molecular formula is C13H21N3O4. The second kappa shape index (κ2) is 6.34. The van der Waals surface area contributed by atoms with Crippen molar-refractivity contribution in [1.29, 1.82) is 0 Å². The molecule has 112 valence electrons. The SMILES string of the molecule is COC1CCN(CC(=O)n2oc(C)cc2=O)C(CN)C1. The summed E-state index contributed by atoms with van der Waals surface area (Å²) >= 11 is 0. The molecule has 2 N–H and O–H groups in total. The topological polar surface area (TPSA) is 90.7 Å². The van der Waals surface area contributed by atoms with E-state index in [1.807, 2.05) is 4.90 Å². The molecule has 0 amide bonds. The first kappa shape index (κ1) is 15.0. The molecule has 0 aromatic carbocycles. The summed E-state index contributed by atoms with van der Waals surface area (Å²) in [6.07, 6.45) is 1.84. The number of carbonyl (C=O) groups excluding carboxylic acids is 1. The van der Waals surface area contributed by atoms with E-state index in [-0.39, 0.29) is 24.6 Å². The average Bonchev–Trinajstić information content (AvgIpc) is 2.78. The zero-order valence-corrected chi connectivity index (χ0v) is 11.9. The van der Waals surface area contributed by atoms with Gasteiger partial charge in [0.2, 0.25) is 0 Å². The van der Waals surface area contributed by atoms with Crippen LogP contribution in [0, 0.1) is 6.92 Å². The van der Waals surface area contributed by atoms with Gasteiger partial charge in [-0.15, -0.1) is 4.74 Å². The number of aryl methyl sites for hydroxylation is 1. The Morgan fingerprint density at radius 3 is 2.90 bits per heavy atom. The predicted molar refractivity (Wildman–Crippen MR) is 72.8 cm³/mol. The standard InChI is InChI=1S/C13H21N3O4/c1-9-5-12(17)16(20-9)13(18)8-15-4-3-11(19-2)6-10(15)7-14/h5,10-11H,3-4,6-8,14H2,1-2H3. The fourth-order valence-electron chi connectivity index (χ4n) is 2.59. The normalized spacial score (nSPS) is 23.9. The summed E-state index contributed by atoms with van der Waals surface area (Å²) in [4.78, 5) is 25.7. The lowest BCUT2D eigenvalue weighted by molar-refractivity contribution is 0.0110. The molecule has 7 nitrogen and oxygen atoms in total. The van der Waals surface area contributed by atoms with E-state index < -0.39 is 5.56 Å². The Bertz CT molecular complexity index is 522. The molecule has 1 aromatic heterocycles. The lowest BCUT2D eigenvalue weighted by atomic mass is 9.99. The minimum absolute atomic E-state index is 0.0874. The first-order valence-corrected chi connectivity index (χ1v) is 6.75. The highest BCUT2D eigenvalue weighted by Gasteiger charge is 2.29. The molecule has 2 atom stereocenters. The molecule has 0 bridgehead atoms. The van der Waals surface area contributed by atoms with Gasteiger partial charge in [-0.2, -0.15) is 0 Å². The number of carbonyl (C=O) groups is 1. The number of hydrogen-bond acceptors (Lipinski definition) is 6. The summed E-state index contributed by atoms with van der Waals surface area (Å²) in [6, 6.07) is 1.39. The van der Waals surface area contributed by atoms with Gasteiger partial charge in [-0.3, -0.25) is 14.5 Å². The van der Waals surface area contributed by atoms with Gasteiger partial charge in [0.05, 0.1) is 12.6 Å². The molecule has 20 heavy (non-hydrogen) atoms. The third-order valence-electron chi connectivity index (χ3n) is 3.72. The maximum Gasteiger partial charge on any atom is 0.290 e. The number of nitrogens with zero attached hydrogens (tertiary/aromatic N) is 2. The summed E-state index contributed by atoms with van der Waals surface area (Å²) in [5, 5.41) is 0. The number of piperidine rings is 1. The third-order valence-corrected chi connectivity index (χ3v) is 3.72. The second-order valence-electron chi connectivity index (χ2n) is 5.11. The molecular weight excluding hydrogens is 262 g/mol. The Balaban J connectivity index is 2.03. The van der Waals surface area contributed by atoms with E-state index in [2.05, 4.69) is 0 Å². The monoisotopic (exact) mass is 283 g/mol. The molecule has 1 fully saturated rings. The molecule has 0 spiro atoms. The number of aromatic nitrogens is 1. The van der Waals surface area contributed by atoms with Gasteiger partial charge in [0.15, 0.2) is 0 Å². The van der Waals surface area contributed by atoms with Crippen LogP contribution in [-0.2, 0) is 4.74 Å². The van der Waals surface area contributed by atoms with Crippen molar-refractivity contribution in [2.75, 3.05) is 26.7 Å². The highest BCUT2D eigenvalue weighted by molar-refractivity contribution is 5.79. The number of ether oxygens (including phenoxy) is 1.